The molecule has 0 bridgehead atoms. The van der Waals surface area contributed by atoms with E-state index in [1.807, 2.05) is 0 Å². The number of fused-ring (bicyclic) bond motifs is 1. The van der Waals surface area contributed by atoms with Gasteiger partial charge in [-0.1, -0.05) is 121 Å². The Kier molecular flexibility index (Phi) is 14.0. The standard InChI is InChI=1S/C30H56NOSi/c1-5-6-7-8-9-10-11-12-13-14-15-16-17-20-27-33(3,4)32-26-25-31(2)24-23-29-21-18-19-22-30(29)28-31/h18-19,21-22H,5-17,20,23-28H2,1-4H3/q+1. The van der Waals surface area contributed by atoms with Crippen molar-refractivity contribution in [1.29, 1.82) is 0 Å². The molecule has 0 fully saturated rings. The Morgan fingerprint density at radius 3 is 1.85 bits per heavy atom. The molecule has 0 aliphatic carbocycles. The summed E-state index contributed by atoms with van der Waals surface area (Å²) in [6.45, 7) is 11.7. The molecule has 0 aromatic heterocycles. The molecule has 1 atom stereocenters. The van der Waals surface area contributed by atoms with Crippen LogP contribution in [0.2, 0.25) is 19.1 Å². The zero-order valence-electron chi connectivity index (χ0n) is 22.8. The van der Waals surface area contributed by atoms with Gasteiger partial charge in [0.1, 0.15) is 13.1 Å². The van der Waals surface area contributed by atoms with Crippen molar-refractivity contribution in [3.63, 3.8) is 0 Å². The summed E-state index contributed by atoms with van der Waals surface area (Å²) in [6.07, 6.45) is 21.3. The molecule has 2 nitrogen and oxygen atoms in total. The number of rotatable bonds is 19. The number of hydrogen-bond acceptors (Lipinski definition) is 1. The second-order valence-corrected chi connectivity index (χ2v) is 16.0. The molecule has 2 rings (SSSR count). The Hall–Kier alpha value is -0.643. The van der Waals surface area contributed by atoms with E-state index in [0.717, 1.165) is 17.6 Å². The van der Waals surface area contributed by atoms with E-state index in [1.54, 1.807) is 11.1 Å². The highest BCUT2D eigenvalue weighted by atomic mass is 28.4. The molecule has 0 N–H and O–H groups in total. The van der Waals surface area contributed by atoms with Crippen LogP contribution in [0, 0.1) is 0 Å². The van der Waals surface area contributed by atoms with Crippen molar-refractivity contribution in [2.45, 2.75) is 129 Å². The van der Waals surface area contributed by atoms with E-state index < -0.39 is 8.32 Å². The van der Waals surface area contributed by atoms with Crippen LogP contribution in [0.15, 0.2) is 24.3 Å². The minimum Gasteiger partial charge on any atom is -0.412 e. The van der Waals surface area contributed by atoms with Crippen LogP contribution in [-0.4, -0.2) is 39.5 Å². The van der Waals surface area contributed by atoms with Crippen LogP contribution in [0.4, 0.5) is 0 Å². The van der Waals surface area contributed by atoms with Crippen molar-refractivity contribution in [1.82, 2.24) is 0 Å². The molecule has 1 aromatic rings. The topological polar surface area (TPSA) is 9.23 Å². The molecule has 3 heteroatoms. The SMILES string of the molecule is CCCCCCCCCCCCCCCC[Si](C)(C)OCC[N+]1(C)CCc2ccccc2C1. The van der Waals surface area contributed by atoms with Gasteiger partial charge in [0.05, 0.1) is 20.2 Å². The fourth-order valence-corrected chi connectivity index (χ4v) is 7.28. The maximum absolute atomic E-state index is 6.52. The predicted octanol–water partition coefficient (Wildman–Crippen LogP) is 8.89. The third-order valence-electron chi connectivity index (χ3n) is 7.85. The van der Waals surface area contributed by atoms with Gasteiger partial charge in [0.25, 0.3) is 0 Å². The lowest BCUT2D eigenvalue weighted by Crippen LogP contribution is -2.50. The zero-order valence-corrected chi connectivity index (χ0v) is 23.8. The normalized spacial score (nSPS) is 18.4. The quantitative estimate of drug-likeness (QED) is 0.110. The van der Waals surface area contributed by atoms with Gasteiger partial charge in [0.2, 0.25) is 0 Å². The lowest BCUT2D eigenvalue weighted by Gasteiger charge is -2.39. The number of hydrogen-bond donors (Lipinski definition) is 0. The van der Waals surface area contributed by atoms with Gasteiger partial charge >= 0.3 is 0 Å². The van der Waals surface area contributed by atoms with Crippen LogP contribution < -0.4 is 0 Å². The van der Waals surface area contributed by atoms with E-state index in [0.29, 0.717) is 0 Å². The molecule has 1 unspecified atom stereocenters. The molecule has 1 aromatic carbocycles. The number of nitrogens with zero attached hydrogens (tertiary/aromatic N) is 1. The van der Waals surface area contributed by atoms with Crippen molar-refractivity contribution in [3.05, 3.63) is 35.4 Å². The summed E-state index contributed by atoms with van der Waals surface area (Å²) in [5.74, 6) is 0. The van der Waals surface area contributed by atoms with Crippen molar-refractivity contribution >= 4 is 8.32 Å². The van der Waals surface area contributed by atoms with Crippen molar-refractivity contribution < 1.29 is 8.91 Å². The highest BCUT2D eigenvalue weighted by Gasteiger charge is 2.29. The molecular formula is C30H56NOSi+. The molecule has 0 spiro atoms. The van der Waals surface area contributed by atoms with Gasteiger partial charge in [-0.15, -0.1) is 0 Å². The van der Waals surface area contributed by atoms with E-state index in [9.17, 15) is 0 Å². The fourth-order valence-electron chi connectivity index (χ4n) is 5.39. The number of benzene rings is 1. The van der Waals surface area contributed by atoms with Crippen LogP contribution in [0.1, 0.15) is 108 Å². The highest BCUT2D eigenvalue weighted by Crippen LogP contribution is 2.24. The lowest BCUT2D eigenvalue weighted by atomic mass is 9.98. The van der Waals surface area contributed by atoms with Gasteiger partial charge in [0, 0.05) is 12.0 Å². The first-order valence-corrected chi connectivity index (χ1v) is 17.6. The van der Waals surface area contributed by atoms with Crippen LogP contribution in [0.3, 0.4) is 0 Å². The summed E-state index contributed by atoms with van der Waals surface area (Å²) >= 11 is 0. The number of unbranched alkanes of at least 4 members (excludes halogenated alkanes) is 13. The number of likely N-dealkylation sites (N-methyl/N-ethyl adjacent to an activating group) is 1. The minimum absolute atomic E-state index is 0.941. The molecule has 33 heavy (non-hydrogen) atoms. The summed E-state index contributed by atoms with van der Waals surface area (Å²) < 4.78 is 7.66. The zero-order chi connectivity index (χ0) is 23.8. The first kappa shape index (κ1) is 28.6. The van der Waals surface area contributed by atoms with Gasteiger partial charge in [-0.05, 0) is 24.7 Å². The summed E-state index contributed by atoms with van der Waals surface area (Å²) in [5.41, 5.74) is 3.10. The highest BCUT2D eigenvalue weighted by molar-refractivity contribution is 6.71. The van der Waals surface area contributed by atoms with E-state index >= 15 is 0 Å². The van der Waals surface area contributed by atoms with Crippen molar-refractivity contribution in [3.8, 4) is 0 Å². The molecule has 0 amide bonds. The summed E-state index contributed by atoms with van der Waals surface area (Å²) in [7, 11) is 0.913. The van der Waals surface area contributed by atoms with Crippen LogP contribution >= 0.6 is 0 Å². The smallest absolute Gasteiger partial charge is 0.187 e. The predicted molar refractivity (Wildman–Crippen MR) is 148 cm³/mol. The summed E-state index contributed by atoms with van der Waals surface area (Å²) in [5, 5.41) is 0. The van der Waals surface area contributed by atoms with Gasteiger partial charge in [-0.25, -0.2) is 0 Å². The summed E-state index contributed by atoms with van der Waals surface area (Å²) in [4.78, 5) is 0. The summed E-state index contributed by atoms with van der Waals surface area (Å²) in [6, 6.07) is 10.3. The Morgan fingerprint density at radius 1 is 0.758 bits per heavy atom. The first-order valence-electron chi connectivity index (χ1n) is 14.5. The van der Waals surface area contributed by atoms with E-state index in [4.69, 9.17) is 4.43 Å². The van der Waals surface area contributed by atoms with Crippen LogP contribution in [0.25, 0.3) is 0 Å². The Balaban J connectivity index is 1.43. The van der Waals surface area contributed by atoms with Gasteiger partial charge < -0.3 is 8.91 Å². The molecule has 190 valence electrons. The molecule has 0 saturated carbocycles. The molecule has 1 heterocycles. The number of quaternary nitrogens is 1. The monoisotopic (exact) mass is 474 g/mol. The largest absolute Gasteiger partial charge is 0.412 e. The minimum atomic E-state index is -1.51. The molecule has 0 saturated heterocycles. The second-order valence-electron chi connectivity index (χ2n) is 11.7. The average molecular weight is 475 g/mol. The first-order chi connectivity index (χ1) is 15.9. The Morgan fingerprint density at radius 2 is 1.27 bits per heavy atom. The van der Waals surface area contributed by atoms with E-state index in [1.165, 1.54) is 115 Å². The van der Waals surface area contributed by atoms with Gasteiger partial charge in [0.15, 0.2) is 8.32 Å². The molecule has 1 aliphatic heterocycles. The van der Waals surface area contributed by atoms with Crippen LogP contribution in [0.5, 0.6) is 0 Å². The van der Waals surface area contributed by atoms with E-state index in [-0.39, 0.29) is 0 Å². The Labute approximate surface area is 208 Å². The van der Waals surface area contributed by atoms with Crippen molar-refractivity contribution in [2.24, 2.45) is 0 Å². The van der Waals surface area contributed by atoms with Gasteiger partial charge in [-0.3, -0.25) is 0 Å². The van der Waals surface area contributed by atoms with Crippen LogP contribution in [-0.2, 0) is 17.4 Å². The Bertz CT molecular complexity index is 631. The maximum atomic E-state index is 6.52. The second kappa shape index (κ2) is 16.1. The van der Waals surface area contributed by atoms with Crippen molar-refractivity contribution in [2.75, 3.05) is 26.7 Å². The average Bonchev–Trinajstić information content (AvgIpc) is 2.79. The van der Waals surface area contributed by atoms with Gasteiger partial charge in [-0.2, -0.15) is 0 Å². The maximum Gasteiger partial charge on any atom is 0.187 e. The lowest BCUT2D eigenvalue weighted by molar-refractivity contribution is -0.924. The fraction of sp³-hybridized carbons (Fsp3) is 0.800. The van der Waals surface area contributed by atoms with E-state index in [2.05, 4.69) is 51.3 Å². The molecule has 0 radical (unpaired) electrons. The third-order valence-corrected chi connectivity index (χ3v) is 10.4. The molecular weight excluding hydrogens is 418 g/mol. The molecule has 1 aliphatic rings. The third kappa shape index (κ3) is 12.6.